The molecule has 4 aromatic rings. The van der Waals surface area contributed by atoms with E-state index in [0.717, 1.165) is 16.6 Å². The standard InChI is InChI=1S/C22H16ClFN2O/c23-16-6-10-18(11-7-16)26-20(15-3-8-17(24)9-4-15)19-12-5-14-2-1-13-25-21(14)22(19)27/h1-13,20,26-27H. The molecule has 1 heterocycles. The minimum absolute atomic E-state index is 0.101. The lowest BCUT2D eigenvalue weighted by Crippen LogP contribution is -2.13. The molecule has 2 N–H and O–H groups in total. The minimum Gasteiger partial charge on any atom is -0.505 e. The summed E-state index contributed by atoms with van der Waals surface area (Å²) in [4.78, 5) is 4.29. The molecule has 3 nitrogen and oxygen atoms in total. The van der Waals surface area contributed by atoms with Crippen LogP contribution >= 0.6 is 11.6 Å². The average molecular weight is 379 g/mol. The van der Waals surface area contributed by atoms with Crippen molar-refractivity contribution in [3.8, 4) is 5.75 Å². The molecule has 0 saturated heterocycles. The van der Waals surface area contributed by atoms with Gasteiger partial charge in [-0.15, -0.1) is 0 Å². The Morgan fingerprint density at radius 1 is 0.926 bits per heavy atom. The van der Waals surface area contributed by atoms with E-state index in [1.165, 1.54) is 12.1 Å². The van der Waals surface area contributed by atoms with E-state index in [4.69, 9.17) is 11.6 Å². The Labute approximate surface area is 161 Å². The summed E-state index contributed by atoms with van der Waals surface area (Å²) in [5.41, 5.74) is 2.83. The summed E-state index contributed by atoms with van der Waals surface area (Å²) in [5.74, 6) is -0.211. The van der Waals surface area contributed by atoms with Crippen molar-refractivity contribution < 1.29 is 9.50 Å². The first-order valence-corrected chi connectivity index (χ1v) is 8.84. The van der Waals surface area contributed by atoms with E-state index in [2.05, 4.69) is 10.3 Å². The van der Waals surface area contributed by atoms with Crippen LogP contribution in [0.4, 0.5) is 10.1 Å². The van der Waals surface area contributed by atoms with Gasteiger partial charge in [0, 0.05) is 27.9 Å². The van der Waals surface area contributed by atoms with Crippen molar-refractivity contribution >= 4 is 28.2 Å². The van der Waals surface area contributed by atoms with E-state index in [1.807, 2.05) is 36.4 Å². The Hall–Kier alpha value is -3.11. The second-order valence-electron chi connectivity index (χ2n) is 6.21. The van der Waals surface area contributed by atoms with Gasteiger partial charge in [0.05, 0.1) is 6.04 Å². The molecule has 0 saturated carbocycles. The van der Waals surface area contributed by atoms with Crippen LogP contribution in [-0.2, 0) is 0 Å². The number of anilines is 1. The third kappa shape index (κ3) is 3.57. The highest BCUT2D eigenvalue weighted by atomic mass is 35.5. The number of hydrogen-bond donors (Lipinski definition) is 2. The minimum atomic E-state index is -0.391. The van der Waals surface area contributed by atoms with E-state index in [0.29, 0.717) is 16.1 Å². The number of phenols is 1. The molecule has 1 atom stereocenters. The molecule has 0 radical (unpaired) electrons. The molecular weight excluding hydrogens is 363 g/mol. The van der Waals surface area contributed by atoms with Gasteiger partial charge < -0.3 is 10.4 Å². The molecule has 1 aromatic heterocycles. The first-order valence-electron chi connectivity index (χ1n) is 8.46. The first-order chi connectivity index (χ1) is 13.1. The summed E-state index contributed by atoms with van der Waals surface area (Å²) in [6, 6.07) is 20.6. The zero-order chi connectivity index (χ0) is 18.8. The first kappa shape index (κ1) is 17.3. The van der Waals surface area contributed by atoms with E-state index in [1.54, 1.807) is 30.5 Å². The number of pyridine rings is 1. The summed E-state index contributed by atoms with van der Waals surface area (Å²) >= 11 is 5.97. The number of aromatic nitrogens is 1. The molecule has 5 heteroatoms. The van der Waals surface area contributed by atoms with Crippen LogP contribution in [0.2, 0.25) is 5.02 Å². The fraction of sp³-hybridized carbons (Fsp3) is 0.0455. The van der Waals surface area contributed by atoms with Crippen LogP contribution in [0.15, 0.2) is 79.0 Å². The topological polar surface area (TPSA) is 45.1 Å². The molecule has 0 spiro atoms. The molecule has 0 aliphatic heterocycles. The molecule has 1 unspecified atom stereocenters. The largest absolute Gasteiger partial charge is 0.505 e. The number of phenolic OH excluding ortho intramolecular Hbond substituents is 1. The number of aromatic hydroxyl groups is 1. The van der Waals surface area contributed by atoms with Gasteiger partial charge in [-0.2, -0.15) is 0 Å². The van der Waals surface area contributed by atoms with E-state index >= 15 is 0 Å². The second kappa shape index (κ2) is 7.25. The highest BCUT2D eigenvalue weighted by Gasteiger charge is 2.20. The van der Waals surface area contributed by atoms with Crippen molar-refractivity contribution in [3.05, 3.63) is 101 Å². The monoisotopic (exact) mass is 378 g/mol. The predicted molar refractivity (Wildman–Crippen MR) is 107 cm³/mol. The third-order valence-electron chi connectivity index (χ3n) is 4.45. The smallest absolute Gasteiger partial charge is 0.147 e. The Morgan fingerprint density at radius 2 is 1.67 bits per heavy atom. The Balaban J connectivity index is 1.83. The van der Waals surface area contributed by atoms with Crippen molar-refractivity contribution in [3.63, 3.8) is 0 Å². The maximum atomic E-state index is 13.4. The van der Waals surface area contributed by atoms with Crippen LogP contribution in [0, 0.1) is 5.82 Å². The van der Waals surface area contributed by atoms with Gasteiger partial charge in [0.15, 0.2) is 0 Å². The van der Waals surface area contributed by atoms with Crippen LogP contribution in [0.1, 0.15) is 17.2 Å². The lowest BCUT2D eigenvalue weighted by atomic mass is 9.96. The lowest BCUT2D eigenvalue weighted by Gasteiger charge is -2.22. The van der Waals surface area contributed by atoms with Crippen molar-refractivity contribution in [1.82, 2.24) is 4.98 Å². The SMILES string of the molecule is Oc1c(C(Nc2ccc(Cl)cc2)c2ccc(F)cc2)ccc2cccnc12. The van der Waals surface area contributed by atoms with Crippen molar-refractivity contribution in [2.75, 3.05) is 5.32 Å². The Kier molecular flexibility index (Phi) is 4.65. The van der Waals surface area contributed by atoms with Crippen LogP contribution in [0.3, 0.4) is 0 Å². The molecule has 0 aliphatic carbocycles. The molecule has 0 amide bonds. The molecule has 0 bridgehead atoms. The summed E-state index contributed by atoms with van der Waals surface area (Å²) in [7, 11) is 0. The number of nitrogens with zero attached hydrogens (tertiary/aromatic N) is 1. The van der Waals surface area contributed by atoms with E-state index < -0.39 is 6.04 Å². The van der Waals surface area contributed by atoms with E-state index in [-0.39, 0.29) is 11.6 Å². The fourth-order valence-electron chi connectivity index (χ4n) is 3.09. The summed E-state index contributed by atoms with van der Waals surface area (Å²) < 4.78 is 13.4. The quantitative estimate of drug-likeness (QED) is 0.462. The molecule has 3 aromatic carbocycles. The van der Waals surface area contributed by atoms with Gasteiger partial charge in [0.2, 0.25) is 0 Å². The Morgan fingerprint density at radius 3 is 2.41 bits per heavy atom. The summed E-state index contributed by atoms with van der Waals surface area (Å²) in [5, 5.41) is 15.7. The van der Waals surface area contributed by atoms with Gasteiger partial charge in [0.25, 0.3) is 0 Å². The number of rotatable bonds is 4. The predicted octanol–water partition coefficient (Wildman–Crippen LogP) is 5.93. The number of halogens is 2. The normalized spacial score (nSPS) is 12.1. The van der Waals surface area contributed by atoms with Crippen molar-refractivity contribution in [2.24, 2.45) is 0 Å². The Bertz CT molecular complexity index is 1080. The summed E-state index contributed by atoms with van der Waals surface area (Å²) in [6.45, 7) is 0. The highest BCUT2D eigenvalue weighted by Crippen LogP contribution is 2.36. The van der Waals surface area contributed by atoms with Crippen LogP contribution in [-0.4, -0.2) is 10.1 Å². The number of hydrogen-bond acceptors (Lipinski definition) is 3. The van der Waals surface area contributed by atoms with Crippen LogP contribution in [0.5, 0.6) is 5.75 Å². The van der Waals surface area contributed by atoms with Crippen LogP contribution in [0.25, 0.3) is 10.9 Å². The van der Waals surface area contributed by atoms with Gasteiger partial charge >= 0.3 is 0 Å². The number of benzene rings is 3. The molecule has 0 fully saturated rings. The van der Waals surface area contributed by atoms with Crippen LogP contribution < -0.4 is 5.32 Å². The molecule has 27 heavy (non-hydrogen) atoms. The van der Waals surface area contributed by atoms with Gasteiger partial charge in [-0.3, -0.25) is 4.98 Å². The van der Waals surface area contributed by atoms with Gasteiger partial charge in [-0.25, -0.2) is 4.39 Å². The second-order valence-corrected chi connectivity index (χ2v) is 6.65. The highest BCUT2D eigenvalue weighted by molar-refractivity contribution is 6.30. The maximum Gasteiger partial charge on any atom is 0.147 e. The molecule has 0 aliphatic rings. The fourth-order valence-corrected chi connectivity index (χ4v) is 3.21. The van der Waals surface area contributed by atoms with Crippen molar-refractivity contribution in [1.29, 1.82) is 0 Å². The molecule has 134 valence electrons. The van der Waals surface area contributed by atoms with Gasteiger partial charge in [-0.1, -0.05) is 41.9 Å². The summed E-state index contributed by atoms with van der Waals surface area (Å²) in [6.07, 6.45) is 1.64. The molecule has 4 rings (SSSR count). The van der Waals surface area contributed by atoms with Crippen molar-refractivity contribution in [2.45, 2.75) is 6.04 Å². The van der Waals surface area contributed by atoms with Gasteiger partial charge in [-0.05, 0) is 48.0 Å². The third-order valence-corrected chi connectivity index (χ3v) is 4.70. The molecular formula is C22H16ClFN2O. The number of fused-ring (bicyclic) bond motifs is 1. The zero-order valence-corrected chi connectivity index (χ0v) is 15.0. The van der Waals surface area contributed by atoms with E-state index in [9.17, 15) is 9.50 Å². The lowest BCUT2D eigenvalue weighted by molar-refractivity contribution is 0.471. The maximum absolute atomic E-state index is 13.4. The van der Waals surface area contributed by atoms with Gasteiger partial charge in [0.1, 0.15) is 17.1 Å². The average Bonchev–Trinajstić information content (AvgIpc) is 2.69. The zero-order valence-electron chi connectivity index (χ0n) is 14.2. The number of nitrogens with one attached hydrogen (secondary N) is 1.